The van der Waals surface area contributed by atoms with Crippen LogP contribution in [0.4, 0.5) is 0 Å². The second-order valence-corrected chi connectivity index (χ2v) is 4.95. The standard InChI is InChI=1S/C15H11NO2S/c17-15(18)12-3-1-11(2-4-12)13-5-7-16(9-13)14-6-8-19-10-14/h1-10H,(H,17,18). The highest BCUT2D eigenvalue weighted by atomic mass is 32.1. The van der Waals surface area contributed by atoms with Gasteiger partial charge in [-0.15, -0.1) is 0 Å². The Kier molecular flexibility index (Phi) is 2.93. The molecule has 0 amide bonds. The molecule has 19 heavy (non-hydrogen) atoms. The molecule has 4 heteroatoms. The smallest absolute Gasteiger partial charge is 0.335 e. The second kappa shape index (κ2) is 4.74. The zero-order valence-electron chi connectivity index (χ0n) is 9.98. The lowest BCUT2D eigenvalue weighted by Crippen LogP contribution is -1.94. The van der Waals surface area contributed by atoms with Gasteiger partial charge in [0.2, 0.25) is 0 Å². The van der Waals surface area contributed by atoms with Gasteiger partial charge in [-0.05, 0) is 40.8 Å². The van der Waals surface area contributed by atoms with Gasteiger partial charge in [0, 0.05) is 17.8 Å². The van der Waals surface area contributed by atoms with Crippen molar-refractivity contribution in [2.45, 2.75) is 0 Å². The molecule has 0 bridgehead atoms. The van der Waals surface area contributed by atoms with E-state index in [0.717, 1.165) is 16.8 Å². The molecule has 0 fully saturated rings. The normalized spacial score (nSPS) is 10.5. The van der Waals surface area contributed by atoms with Crippen molar-refractivity contribution in [1.82, 2.24) is 4.57 Å². The Balaban J connectivity index is 1.92. The highest BCUT2D eigenvalue weighted by molar-refractivity contribution is 7.08. The summed E-state index contributed by atoms with van der Waals surface area (Å²) in [7, 11) is 0. The zero-order valence-corrected chi connectivity index (χ0v) is 10.8. The molecule has 0 atom stereocenters. The van der Waals surface area contributed by atoms with Crippen LogP contribution in [0.5, 0.6) is 0 Å². The van der Waals surface area contributed by atoms with Crippen LogP contribution < -0.4 is 0 Å². The van der Waals surface area contributed by atoms with Crippen molar-refractivity contribution in [1.29, 1.82) is 0 Å². The minimum atomic E-state index is -0.901. The van der Waals surface area contributed by atoms with Crippen molar-refractivity contribution >= 4 is 17.3 Å². The predicted octanol–water partition coefficient (Wildman–Crippen LogP) is 3.90. The van der Waals surface area contributed by atoms with Crippen molar-refractivity contribution in [3.8, 4) is 16.8 Å². The number of rotatable bonds is 3. The average molecular weight is 269 g/mol. The van der Waals surface area contributed by atoms with Gasteiger partial charge in [-0.1, -0.05) is 12.1 Å². The Morgan fingerprint density at radius 2 is 1.84 bits per heavy atom. The van der Waals surface area contributed by atoms with Crippen LogP contribution in [0.15, 0.2) is 59.6 Å². The Bertz CT molecular complexity index is 696. The largest absolute Gasteiger partial charge is 0.478 e. The van der Waals surface area contributed by atoms with Crippen LogP contribution in [0.2, 0.25) is 0 Å². The van der Waals surface area contributed by atoms with Gasteiger partial charge in [-0.25, -0.2) is 4.79 Å². The number of hydrogen-bond acceptors (Lipinski definition) is 2. The van der Waals surface area contributed by atoms with Gasteiger partial charge in [0.15, 0.2) is 0 Å². The first-order valence-corrected chi connectivity index (χ1v) is 6.72. The zero-order chi connectivity index (χ0) is 13.2. The summed E-state index contributed by atoms with van der Waals surface area (Å²) >= 11 is 1.66. The third-order valence-electron chi connectivity index (χ3n) is 2.96. The van der Waals surface area contributed by atoms with Crippen molar-refractivity contribution in [3.63, 3.8) is 0 Å². The van der Waals surface area contributed by atoms with Gasteiger partial charge < -0.3 is 9.67 Å². The number of carbonyl (C=O) groups is 1. The Labute approximate surface area is 114 Å². The second-order valence-electron chi connectivity index (χ2n) is 4.17. The predicted molar refractivity (Wildman–Crippen MR) is 76.0 cm³/mol. The third kappa shape index (κ3) is 2.30. The maximum Gasteiger partial charge on any atom is 0.335 e. The molecule has 0 aliphatic rings. The molecule has 2 heterocycles. The van der Waals surface area contributed by atoms with Gasteiger partial charge in [0.1, 0.15) is 0 Å². The van der Waals surface area contributed by atoms with Gasteiger partial charge in [0.25, 0.3) is 0 Å². The van der Waals surface area contributed by atoms with E-state index in [-0.39, 0.29) is 0 Å². The van der Waals surface area contributed by atoms with Crippen molar-refractivity contribution in [2.75, 3.05) is 0 Å². The number of carboxylic acid groups (broad SMARTS) is 1. The molecule has 0 saturated carbocycles. The highest BCUT2D eigenvalue weighted by Gasteiger charge is 2.05. The summed E-state index contributed by atoms with van der Waals surface area (Å²) in [5.74, 6) is -0.901. The van der Waals surface area contributed by atoms with Crippen LogP contribution in [0.1, 0.15) is 10.4 Å². The first kappa shape index (κ1) is 11.7. The molecule has 94 valence electrons. The van der Waals surface area contributed by atoms with Gasteiger partial charge >= 0.3 is 5.97 Å². The molecule has 0 radical (unpaired) electrons. The summed E-state index contributed by atoms with van der Waals surface area (Å²) in [4.78, 5) is 10.8. The first-order chi connectivity index (χ1) is 9.24. The number of hydrogen-bond donors (Lipinski definition) is 1. The lowest BCUT2D eigenvalue weighted by molar-refractivity contribution is 0.0697. The van der Waals surface area contributed by atoms with Gasteiger partial charge in [-0.2, -0.15) is 11.3 Å². The van der Waals surface area contributed by atoms with E-state index in [1.165, 1.54) is 0 Å². The highest BCUT2D eigenvalue weighted by Crippen LogP contribution is 2.23. The van der Waals surface area contributed by atoms with Crippen LogP contribution in [0.25, 0.3) is 16.8 Å². The van der Waals surface area contributed by atoms with Gasteiger partial charge in [0.05, 0.1) is 11.3 Å². The lowest BCUT2D eigenvalue weighted by atomic mass is 10.1. The monoisotopic (exact) mass is 269 g/mol. The summed E-state index contributed by atoms with van der Waals surface area (Å²) in [6, 6.07) is 11.0. The number of carboxylic acids is 1. The summed E-state index contributed by atoms with van der Waals surface area (Å²) in [6.45, 7) is 0. The Morgan fingerprint density at radius 3 is 2.47 bits per heavy atom. The van der Waals surface area contributed by atoms with Crippen LogP contribution in [-0.2, 0) is 0 Å². The minimum Gasteiger partial charge on any atom is -0.478 e. The lowest BCUT2D eigenvalue weighted by Gasteiger charge is -2.00. The Hall–Kier alpha value is -2.33. The molecule has 1 aromatic carbocycles. The quantitative estimate of drug-likeness (QED) is 0.783. The van der Waals surface area contributed by atoms with Gasteiger partial charge in [-0.3, -0.25) is 0 Å². The third-order valence-corrected chi connectivity index (χ3v) is 3.63. The number of benzene rings is 1. The van der Waals surface area contributed by atoms with Crippen LogP contribution in [0, 0.1) is 0 Å². The van der Waals surface area contributed by atoms with Crippen LogP contribution >= 0.6 is 11.3 Å². The molecule has 3 aromatic rings. The number of nitrogens with zero attached hydrogens (tertiary/aromatic N) is 1. The maximum absolute atomic E-state index is 10.8. The van der Waals surface area contributed by atoms with E-state index in [1.54, 1.807) is 23.5 Å². The van der Waals surface area contributed by atoms with Crippen LogP contribution in [-0.4, -0.2) is 15.6 Å². The summed E-state index contributed by atoms with van der Waals surface area (Å²) in [5, 5.41) is 13.0. The maximum atomic E-state index is 10.8. The summed E-state index contributed by atoms with van der Waals surface area (Å²) in [5.41, 5.74) is 3.53. The number of aromatic carboxylic acids is 1. The van der Waals surface area contributed by atoms with E-state index in [0.29, 0.717) is 5.56 Å². The molecule has 0 saturated heterocycles. The molecular formula is C15H11NO2S. The van der Waals surface area contributed by atoms with Crippen molar-refractivity contribution < 1.29 is 9.90 Å². The molecule has 3 nitrogen and oxygen atoms in total. The summed E-state index contributed by atoms with van der Waals surface area (Å²) < 4.78 is 2.05. The van der Waals surface area contributed by atoms with E-state index < -0.39 is 5.97 Å². The van der Waals surface area contributed by atoms with E-state index in [1.807, 2.05) is 36.0 Å². The number of aromatic nitrogens is 1. The fourth-order valence-corrected chi connectivity index (χ4v) is 2.57. The summed E-state index contributed by atoms with van der Waals surface area (Å²) in [6.07, 6.45) is 4.04. The van der Waals surface area contributed by atoms with Crippen LogP contribution in [0.3, 0.4) is 0 Å². The van der Waals surface area contributed by atoms with E-state index >= 15 is 0 Å². The van der Waals surface area contributed by atoms with Crippen molar-refractivity contribution in [2.24, 2.45) is 0 Å². The molecular weight excluding hydrogens is 258 g/mol. The fourth-order valence-electron chi connectivity index (χ4n) is 1.94. The topological polar surface area (TPSA) is 42.2 Å². The molecule has 3 rings (SSSR count). The molecule has 1 N–H and O–H groups in total. The molecule has 0 unspecified atom stereocenters. The molecule has 0 aliphatic heterocycles. The minimum absolute atomic E-state index is 0.306. The van der Waals surface area contributed by atoms with E-state index in [4.69, 9.17) is 5.11 Å². The SMILES string of the molecule is O=C(O)c1ccc(-c2ccn(-c3ccsc3)c2)cc1. The Morgan fingerprint density at radius 1 is 1.05 bits per heavy atom. The van der Waals surface area contributed by atoms with E-state index in [9.17, 15) is 4.79 Å². The van der Waals surface area contributed by atoms with E-state index in [2.05, 4.69) is 16.0 Å². The number of thiophene rings is 1. The first-order valence-electron chi connectivity index (χ1n) is 5.78. The molecule has 2 aromatic heterocycles. The van der Waals surface area contributed by atoms with Crippen molar-refractivity contribution in [3.05, 3.63) is 65.1 Å². The molecule has 0 spiro atoms. The molecule has 0 aliphatic carbocycles. The average Bonchev–Trinajstić information content (AvgIpc) is 3.10. The fraction of sp³-hybridized carbons (Fsp3) is 0.